The van der Waals surface area contributed by atoms with Crippen molar-refractivity contribution in [1.29, 1.82) is 0 Å². The van der Waals surface area contributed by atoms with E-state index in [2.05, 4.69) is 9.88 Å². The van der Waals surface area contributed by atoms with Gasteiger partial charge in [-0.05, 0) is 38.0 Å². The fourth-order valence-corrected chi connectivity index (χ4v) is 5.72. The first-order valence-electron chi connectivity index (χ1n) is 9.65. The molecule has 3 heterocycles. The monoisotopic (exact) mass is 359 g/mol. The Morgan fingerprint density at radius 1 is 1.32 bits per heavy atom. The number of hydrogen-bond donors (Lipinski definition) is 0. The second-order valence-corrected chi connectivity index (χ2v) is 9.30. The van der Waals surface area contributed by atoms with Gasteiger partial charge in [-0.3, -0.25) is 9.59 Å². The lowest BCUT2D eigenvalue weighted by atomic mass is 9.76. The molecule has 2 amide bonds. The quantitative estimate of drug-likeness (QED) is 0.830. The maximum Gasteiger partial charge on any atom is 0.231 e. The molecular formula is C19H25N3O2S. The van der Waals surface area contributed by atoms with Crippen LogP contribution in [-0.2, 0) is 9.59 Å². The molecule has 1 aromatic rings. The Balaban J connectivity index is 1.42. The van der Waals surface area contributed by atoms with Crippen molar-refractivity contribution >= 4 is 23.2 Å². The summed E-state index contributed by atoms with van der Waals surface area (Å²) in [5, 5.41) is 3.02. The van der Waals surface area contributed by atoms with Crippen LogP contribution >= 0.6 is 11.3 Å². The Morgan fingerprint density at radius 3 is 2.80 bits per heavy atom. The number of thiazole rings is 1. The third-order valence-electron chi connectivity index (χ3n) is 6.78. The third kappa shape index (κ3) is 2.52. The average molecular weight is 359 g/mol. The molecule has 5 rings (SSSR count). The van der Waals surface area contributed by atoms with Gasteiger partial charge < -0.3 is 9.80 Å². The fourth-order valence-electron chi connectivity index (χ4n) is 4.88. The summed E-state index contributed by atoms with van der Waals surface area (Å²) in [6, 6.07) is 0. The molecule has 2 aliphatic carbocycles. The topological polar surface area (TPSA) is 53.5 Å². The molecule has 1 spiro atoms. The predicted molar refractivity (Wildman–Crippen MR) is 95.1 cm³/mol. The van der Waals surface area contributed by atoms with E-state index in [1.165, 1.54) is 19.3 Å². The highest BCUT2D eigenvalue weighted by Gasteiger charge is 2.59. The summed E-state index contributed by atoms with van der Waals surface area (Å²) in [6.07, 6.45) is 8.57. The van der Waals surface area contributed by atoms with E-state index in [1.807, 2.05) is 16.5 Å². The van der Waals surface area contributed by atoms with Crippen LogP contribution in [0.25, 0.3) is 0 Å². The van der Waals surface area contributed by atoms with Crippen molar-refractivity contribution in [2.75, 3.05) is 26.2 Å². The Labute approximate surface area is 152 Å². The molecule has 6 heteroatoms. The molecular weight excluding hydrogens is 334 g/mol. The van der Waals surface area contributed by atoms with Gasteiger partial charge in [0.15, 0.2) is 0 Å². The second kappa shape index (κ2) is 5.79. The van der Waals surface area contributed by atoms with E-state index in [9.17, 15) is 9.59 Å². The molecule has 0 aromatic carbocycles. The highest BCUT2D eigenvalue weighted by atomic mass is 32.1. The zero-order chi connectivity index (χ0) is 17.0. The van der Waals surface area contributed by atoms with E-state index in [0.717, 1.165) is 37.4 Å². The largest absolute Gasteiger partial charge is 0.342 e. The van der Waals surface area contributed by atoms with Gasteiger partial charge in [-0.1, -0.05) is 6.42 Å². The first-order chi connectivity index (χ1) is 12.2. The van der Waals surface area contributed by atoms with E-state index in [-0.39, 0.29) is 23.7 Å². The maximum atomic E-state index is 13.4. The third-order valence-corrected chi connectivity index (χ3v) is 7.66. The Hall–Kier alpha value is -1.43. The lowest BCUT2D eigenvalue weighted by Gasteiger charge is -2.32. The summed E-state index contributed by atoms with van der Waals surface area (Å²) >= 11 is 1.63. The molecule has 0 radical (unpaired) electrons. The second-order valence-electron chi connectivity index (χ2n) is 8.37. The first-order valence-corrected chi connectivity index (χ1v) is 10.5. The van der Waals surface area contributed by atoms with Gasteiger partial charge in [0.05, 0.1) is 10.4 Å². The molecule has 4 aliphatic rings. The highest BCUT2D eigenvalue weighted by Crippen LogP contribution is 2.51. The number of amides is 2. The minimum atomic E-state index is -0.424. The molecule has 2 saturated heterocycles. The number of rotatable bonds is 4. The molecule has 0 unspecified atom stereocenters. The Morgan fingerprint density at radius 2 is 2.16 bits per heavy atom. The van der Waals surface area contributed by atoms with Gasteiger partial charge in [-0.2, -0.15) is 0 Å². The first kappa shape index (κ1) is 15.8. The van der Waals surface area contributed by atoms with Crippen LogP contribution in [0.2, 0.25) is 0 Å². The SMILES string of the molecule is O=C(C1CC1)N1C[C@H](c2nccs2)[C@@]2(CCN(CC3CCC3)C2=O)C1. The number of carbonyl (C=O) groups excluding carboxylic acids is 2. The molecule has 2 saturated carbocycles. The van der Waals surface area contributed by atoms with Gasteiger partial charge in [0.1, 0.15) is 0 Å². The summed E-state index contributed by atoms with van der Waals surface area (Å²) in [4.78, 5) is 34.7. The standard InChI is InChI=1S/C19H25N3O2S/c23-17(14-4-5-14)22-11-15(16-20-7-9-25-16)19(12-22)6-8-21(18(19)24)10-13-2-1-3-13/h7,9,13-15H,1-6,8,10-12H2/t15-,19-/m1/s1. The average Bonchev–Trinajstić information content (AvgIpc) is 3.02. The van der Waals surface area contributed by atoms with Gasteiger partial charge in [0.2, 0.25) is 11.8 Å². The zero-order valence-electron chi connectivity index (χ0n) is 14.5. The van der Waals surface area contributed by atoms with E-state index < -0.39 is 5.41 Å². The molecule has 25 heavy (non-hydrogen) atoms. The molecule has 2 aliphatic heterocycles. The van der Waals surface area contributed by atoms with Gasteiger partial charge in [-0.15, -0.1) is 11.3 Å². The summed E-state index contributed by atoms with van der Waals surface area (Å²) in [5.41, 5.74) is -0.424. The summed E-state index contributed by atoms with van der Waals surface area (Å²) in [6.45, 7) is 3.04. The van der Waals surface area contributed by atoms with Crippen molar-refractivity contribution in [3.8, 4) is 0 Å². The summed E-state index contributed by atoms with van der Waals surface area (Å²) < 4.78 is 0. The highest BCUT2D eigenvalue weighted by molar-refractivity contribution is 7.09. The normalized spacial score (nSPS) is 32.6. The van der Waals surface area contributed by atoms with E-state index in [1.54, 1.807) is 11.3 Å². The number of aromatic nitrogens is 1. The van der Waals surface area contributed by atoms with Crippen molar-refractivity contribution in [2.24, 2.45) is 17.3 Å². The molecule has 0 bridgehead atoms. The number of likely N-dealkylation sites (tertiary alicyclic amines) is 2. The van der Waals surface area contributed by atoms with Crippen molar-refractivity contribution in [1.82, 2.24) is 14.8 Å². The summed E-state index contributed by atoms with van der Waals surface area (Å²) in [7, 11) is 0. The van der Waals surface area contributed by atoms with E-state index >= 15 is 0 Å². The lowest BCUT2D eigenvalue weighted by Crippen LogP contribution is -2.42. The Kier molecular flexibility index (Phi) is 3.66. The van der Waals surface area contributed by atoms with Crippen LogP contribution in [0.4, 0.5) is 0 Å². The lowest BCUT2D eigenvalue weighted by molar-refractivity contribution is -0.137. The molecule has 2 atom stereocenters. The van der Waals surface area contributed by atoms with Crippen LogP contribution in [0.1, 0.15) is 49.5 Å². The van der Waals surface area contributed by atoms with E-state index in [4.69, 9.17) is 0 Å². The molecule has 5 nitrogen and oxygen atoms in total. The van der Waals surface area contributed by atoms with Crippen molar-refractivity contribution < 1.29 is 9.59 Å². The van der Waals surface area contributed by atoms with Crippen LogP contribution < -0.4 is 0 Å². The summed E-state index contributed by atoms with van der Waals surface area (Å²) in [5.74, 6) is 1.54. The minimum Gasteiger partial charge on any atom is -0.342 e. The van der Waals surface area contributed by atoms with Crippen LogP contribution in [0, 0.1) is 17.3 Å². The smallest absolute Gasteiger partial charge is 0.231 e. The van der Waals surface area contributed by atoms with Crippen molar-refractivity contribution in [3.05, 3.63) is 16.6 Å². The predicted octanol–water partition coefficient (Wildman–Crippen LogP) is 2.50. The van der Waals surface area contributed by atoms with Crippen LogP contribution in [-0.4, -0.2) is 52.8 Å². The van der Waals surface area contributed by atoms with Crippen molar-refractivity contribution in [3.63, 3.8) is 0 Å². The number of hydrogen-bond acceptors (Lipinski definition) is 4. The minimum absolute atomic E-state index is 0.0779. The van der Waals surface area contributed by atoms with Gasteiger partial charge in [0, 0.05) is 49.6 Å². The number of carbonyl (C=O) groups is 2. The fraction of sp³-hybridized carbons (Fsp3) is 0.737. The van der Waals surface area contributed by atoms with E-state index in [0.29, 0.717) is 19.0 Å². The van der Waals surface area contributed by atoms with Crippen LogP contribution in [0.3, 0.4) is 0 Å². The van der Waals surface area contributed by atoms with Gasteiger partial charge >= 0.3 is 0 Å². The number of nitrogens with zero attached hydrogens (tertiary/aromatic N) is 3. The maximum absolute atomic E-state index is 13.4. The zero-order valence-corrected chi connectivity index (χ0v) is 15.3. The Bertz CT molecular complexity index is 683. The van der Waals surface area contributed by atoms with Crippen LogP contribution in [0.15, 0.2) is 11.6 Å². The van der Waals surface area contributed by atoms with Gasteiger partial charge in [-0.25, -0.2) is 4.98 Å². The molecule has 4 fully saturated rings. The van der Waals surface area contributed by atoms with Gasteiger partial charge in [0.25, 0.3) is 0 Å². The van der Waals surface area contributed by atoms with Crippen molar-refractivity contribution in [2.45, 2.75) is 44.4 Å². The molecule has 134 valence electrons. The molecule has 0 N–H and O–H groups in total. The van der Waals surface area contributed by atoms with Crippen LogP contribution in [0.5, 0.6) is 0 Å². The molecule has 1 aromatic heterocycles.